The topological polar surface area (TPSA) is 63.5 Å². The van der Waals surface area contributed by atoms with Crippen molar-refractivity contribution < 1.29 is 27.8 Å². The van der Waals surface area contributed by atoms with Crippen LogP contribution in [0.4, 0.5) is 13.2 Å². The number of rotatable bonds is 8. The van der Waals surface area contributed by atoms with E-state index >= 15 is 0 Å². The molecule has 0 spiro atoms. The summed E-state index contributed by atoms with van der Waals surface area (Å²) in [5, 5.41) is 13.9. The zero-order chi connectivity index (χ0) is 25.2. The van der Waals surface area contributed by atoms with Crippen molar-refractivity contribution in [3.05, 3.63) is 100 Å². The first kappa shape index (κ1) is 24.6. The Morgan fingerprint density at radius 2 is 1.80 bits per heavy atom. The summed E-state index contributed by atoms with van der Waals surface area (Å²) in [6, 6.07) is 16.6. The normalized spacial score (nSPS) is 12.6. The molecule has 0 radical (unpaired) electrons. The van der Waals surface area contributed by atoms with Gasteiger partial charge in [-0.2, -0.15) is 13.2 Å². The van der Waals surface area contributed by atoms with Gasteiger partial charge in [0.15, 0.2) is 0 Å². The number of carbonyl (C=O) groups is 1. The van der Waals surface area contributed by atoms with Crippen LogP contribution in [-0.4, -0.2) is 22.8 Å². The van der Waals surface area contributed by atoms with Gasteiger partial charge in [-0.1, -0.05) is 60.1 Å². The second-order valence-corrected chi connectivity index (χ2v) is 8.46. The molecule has 4 aromatic rings. The monoisotopic (exact) mass is 502 g/mol. The van der Waals surface area contributed by atoms with E-state index in [0.717, 1.165) is 17.7 Å². The molecule has 0 saturated heterocycles. The minimum absolute atomic E-state index is 0.0725. The minimum atomic E-state index is -4.48. The van der Waals surface area contributed by atoms with Crippen LogP contribution in [0.2, 0.25) is 5.02 Å². The zero-order valence-corrected chi connectivity index (χ0v) is 19.4. The van der Waals surface area contributed by atoms with Crippen LogP contribution in [0.5, 0.6) is 5.75 Å². The van der Waals surface area contributed by atoms with Gasteiger partial charge < -0.3 is 14.4 Å². The van der Waals surface area contributed by atoms with Crippen molar-refractivity contribution in [3.8, 4) is 5.75 Å². The number of fused-ring (bicyclic) bond motifs is 1. The summed E-state index contributed by atoms with van der Waals surface area (Å²) in [5.41, 5.74) is 1.70. The summed E-state index contributed by atoms with van der Waals surface area (Å²) in [6.45, 7) is 0.400. The number of hydrogen-bond acceptors (Lipinski definition) is 3. The van der Waals surface area contributed by atoms with E-state index < -0.39 is 23.8 Å². The predicted octanol–water partition coefficient (Wildman–Crippen LogP) is 6.29. The number of ether oxygens (including phenoxy) is 1. The molecule has 0 fully saturated rings. The highest BCUT2D eigenvalue weighted by atomic mass is 35.5. The van der Waals surface area contributed by atoms with Gasteiger partial charge in [-0.3, -0.25) is 10.1 Å². The molecule has 1 heterocycles. The Kier molecular flexibility index (Phi) is 7.05. The molecule has 9 heteroatoms. The average molecular weight is 503 g/mol. The van der Waals surface area contributed by atoms with Crippen LogP contribution in [0.25, 0.3) is 10.9 Å². The Morgan fingerprint density at radius 1 is 1.09 bits per heavy atom. The van der Waals surface area contributed by atoms with Crippen molar-refractivity contribution in [1.82, 2.24) is 9.88 Å². The summed E-state index contributed by atoms with van der Waals surface area (Å²) in [4.78, 5) is 12.3. The van der Waals surface area contributed by atoms with Gasteiger partial charge in [0.25, 0.3) is 0 Å². The first-order chi connectivity index (χ1) is 16.7. The number of nitrogens with zero attached hydrogens (tertiary/aromatic N) is 1. The molecule has 0 aliphatic heterocycles. The van der Waals surface area contributed by atoms with Crippen molar-refractivity contribution in [2.45, 2.75) is 25.3 Å². The van der Waals surface area contributed by atoms with Gasteiger partial charge in [0.2, 0.25) is 0 Å². The van der Waals surface area contributed by atoms with Crippen molar-refractivity contribution in [1.29, 1.82) is 0 Å². The Morgan fingerprint density at radius 3 is 2.46 bits per heavy atom. The first-order valence-electron chi connectivity index (χ1n) is 10.7. The lowest BCUT2D eigenvalue weighted by atomic mass is 10.0. The third-order valence-electron chi connectivity index (χ3n) is 5.70. The van der Waals surface area contributed by atoms with Gasteiger partial charge in [-0.25, -0.2) is 0 Å². The average Bonchev–Trinajstić information content (AvgIpc) is 3.15. The number of benzene rings is 3. The quantitative estimate of drug-likeness (QED) is 0.297. The standard InChI is InChI=1S/C26H22ClF3N2O3/c1-35-23-11-19-20(15-32(22(19)12-21(23)27)14-16-6-3-2-4-7-16)24(25(33)34)31-13-17-8-5-9-18(10-17)26(28,29)30/h2-12,15,24,31H,13-14H2,1H3,(H,33,34). The SMILES string of the molecule is COc1cc2c(C(NCc3cccc(C(F)(F)F)c3)C(=O)O)cn(Cc3ccccc3)c2cc1Cl. The zero-order valence-electron chi connectivity index (χ0n) is 18.6. The molecule has 0 saturated carbocycles. The van der Waals surface area contributed by atoms with E-state index in [4.69, 9.17) is 16.3 Å². The highest BCUT2D eigenvalue weighted by Gasteiger charge is 2.30. The highest BCUT2D eigenvalue weighted by molar-refractivity contribution is 6.32. The maximum absolute atomic E-state index is 13.1. The summed E-state index contributed by atoms with van der Waals surface area (Å²) >= 11 is 6.36. The van der Waals surface area contributed by atoms with Crippen molar-refractivity contribution in [2.24, 2.45) is 0 Å². The number of aromatic nitrogens is 1. The molecular formula is C26H22ClF3N2O3. The number of carboxylic acids is 1. The fourth-order valence-corrected chi connectivity index (χ4v) is 4.26. The van der Waals surface area contributed by atoms with Gasteiger partial charge in [0, 0.05) is 30.2 Å². The van der Waals surface area contributed by atoms with E-state index in [1.807, 2.05) is 34.9 Å². The molecule has 0 aliphatic carbocycles. The lowest BCUT2D eigenvalue weighted by Crippen LogP contribution is -2.28. The number of nitrogens with one attached hydrogen (secondary N) is 1. The second kappa shape index (κ2) is 10.0. The largest absolute Gasteiger partial charge is 0.495 e. The molecule has 35 heavy (non-hydrogen) atoms. The molecule has 0 aliphatic rings. The van der Waals surface area contributed by atoms with Gasteiger partial charge in [0.05, 0.1) is 23.2 Å². The van der Waals surface area contributed by atoms with Crippen molar-refractivity contribution >= 4 is 28.5 Å². The van der Waals surface area contributed by atoms with Crippen LogP contribution in [0.3, 0.4) is 0 Å². The highest BCUT2D eigenvalue weighted by Crippen LogP contribution is 2.36. The molecule has 5 nitrogen and oxygen atoms in total. The van der Waals surface area contributed by atoms with E-state index in [1.165, 1.54) is 19.2 Å². The third-order valence-corrected chi connectivity index (χ3v) is 6.00. The van der Waals surface area contributed by atoms with E-state index in [-0.39, 0.29) is 6.54 Å². The van der Waals surface area contributed by atoms with Crippen LogP contribution < -0.4 is 10.1 Å². The molecule has 0 amide bonds. The van der Waals surface area contributed by atoms with Crippen LogP contribution in [-0.2, 0) is 24.1 Å². The third kappa shape index (κ3) is 5.44. The molecule has 1 aromatic heterocycles. The molecule has 0 bridgehead atoms. The van der Waals surface area contributed by atoms with Crippen LogP contribution in [0.1, 0.15) is 28.3 Å². The Labute approximate surface area is 204 Å². The van der Waals surface area contributed by atoms with Crippen LogP contribution in [0.15, 0.2) is 72.9 Å². The number of halogens is 4. The summed E-state index contributed by atoms with van der Waals surface area (Å²) in [5.74, 6) is -0.774. The number of hydrogen-bond donors (Lipinski definition) is 2. The number of carboxylic acid groups (broad SMARTS) is 1. The van der Waals surface area contributed by atoms with Gasteiger partial charge in [0.1, 0.15) is 11.8 Å². The Bertz CT molecular complexity index is 1350. The molecule has 1 unspecified atom stereocenters. The minimum Gasteiger partial charge on any atom is -0.495 e. The van der Waals surface area contributed by atoms with Crippen LogP contribution >= 0.6 is 11.6 Å². The number of aliphatic carboxylic acids is 1. The summed E-state index contributed by atoms with van der Waals surface area (Å²) in [7, 11) is 1.47. The summed E-state index contributed by atoms with van der Waals surface area (Å²) < 4.78 is 46.5. The molecular weight excluding hydrogens is 481 g/mol. The van der Waals surface area contributed by atoms with E-state index in [1.54, 1.807) is 18.3 Å². The van der Waals surface area contributed by atoms with E-state index in [0.29, 0.717) is 39.3 Å². The van der Waals surface area contributed by atoms with Crippen molar-refractivity contribution in [2.75, 3.05) is 7.11 Å². The Balaban J connectivity index is 1.73. The fourth-order valence-electron chi connectivity index (χ4n) is 4.02. The maximum atomic E-state index is 13.1. The smallest absolute Gasteiger partial charge is 0.416 e. The molecule has 1 atom stereocenters. The lowest BCUT2D eigenvalue weighted by molar-refractivity contribution is -0.140. The van der Waals surface area contributed by atoms with Crippen molar-refractivity contribution in [3.63, 3.8) is 0 Å². The van der Waals surface area contributed by atoms with Gasteiger partial charge in [-0.05, 0) is 29.3 Å². The molecule has 182 valence electrons. The maximum Gasteiger partial charge on any atom is 0.416 e. The molecule has 2 N–H and O–H groups in total. The van der Waals surface area contributed by atoms with Crippen LogP contribution in [0, 0.1) is 0 Å². The van der Waals surface area contributed by atoms with Gasteiger partial charge >= 0.3 is 12.1 Å². The number of alkyl halides is 3. The number of methoxy groups -OCH3 is 1. The van der Waals surface area contributed by atoms with E-state index in [9.17, 15) is 23.1 Å². The molecule has 3 aromatic carbocycles. The summed E-state index contributed by atoms with van der Waals surface area (Å²) in [6.07, 6.45) is -2.76. The van der Waals surface area contributed by atoms with E-state index in [2.05, 4.69) is 5.32 Å². The molecule has 4 rings (SSSR count). The fraction of sp³-hybridized carbons (Fsp3) is 0.192. The van der Waals surface area contributed by atoms with Gasteiger partial charge in [-0.15, -0.1) is 0 Å². The lowest BCUT2D eigenvalue weighted by Gasteiger charge is -2.15. The second-order valence-electron chi connectivity index (χ2n) is 8.05. The Hall–Kier alpha value is -3.49. The first-order valence-corrected chi connectivity index (χ1v) is 11.1. The predicted molar refractivity (Wildman–Crippen MR) is 128 cm³/mol.